The second kappa shape index (κ2) is 8.21. The molecule has 0 fully saturated rings. The molecule has 0 saturated carbocycles. The van der Waals surface area contributed by atoms with Gasteiger partial charge in [0.25, 0.3) is 0 Å². The molecule has 0 aliphatic carbocycles. The number of esters is 1. The first-order valence-electron chi connectivity index (χ1n) is 6.03. The van der Waals surface area contributed by atoms with Crippen molar-refractivity contribution in [1.29, 1.82) is 0 Å². The summed E-state index contributed by atoms with van der Waals surface area (Å²) in [6.07, 6.45) is -0.0110. The van der Waals surface area contributed by atoms with Crippen molar-refractivity contribution in [2.24, 2.45) is 0 Å². The zero-order valence-corrected chi connectivity index (χ0v) is 11.8. The summed E-state index contributed by atoms with van der Waals surface area (Å²) < 4.78 is 17.4. The summed E-state index contributed by atoms with van der Waals surface area (Å²) in [6, 6.07) is 5.53. The Bertz CT molecular complexity index is 491. The van der Waals surface area contributed by atoms with Crippen LogP contribution in [0, 0.1) is 5.82 Å². The van der Waals surface area contributed by atoms with Crippen LogP contribution in [0.1, 0.15) is 19.8 Å². The maximum absolute atomic E-state index is 12.7. The van der Waals surface area contributed by atoms with Gasteiger partial charge in [-0.05, 0) is 43.4 Å². The molecule has 0 unspecified atom stereocenters. The average molecular weight is 298 g/mol. The van der Waals surface area contributed by atoms with Gasteiger partial charge in [0, 0.05) is 12.1 Å². The van der Waals surface area contributed by atoms with E-state index in [2.05, 4.69) is 10.6 Å². The molecule has 5 nitrogen and oxygen atoms in total. The Labute approximate surface area is 121 Å². The predicted molar refractivity (Wildman–Crippen MR) is 76.6 cm³/mol. The Hall–Kier alpha value is -2.02. The molecule has 1 amide bonds. The summed E-state index contributed by atoms with van der Waals surface area (Å²) in [4.78, 5) is 22.6. The van der Waals surface area contributed by atoms with Crippen LogP contribution in [-0.2, 0) is 14.3 Å². The summed E-state index contributed by atoms with van der Waals surface area (Å²) in [6.45, 7) is 1.98. The summed E-state index contributed by atoms with van der Waals surface area (Å²) in [5.41, 5.74) is 0.557. The number of hydrogen-bond acceptors (Lipinski definition) is 4. The second-order valence-electron chi connectivity index (χ2n) is 3.81. The molecule has 1 rings (SSSR count). The number of ether oxygens (including phenoxy) is 1. The van der Waals surface area contributed by atoms with E-state index >= 15 is 0 Å². The van der Waals surface area contributed by atoms with Crippen LogP contribution in [0.4, 0.5) is 10.1 Å². The molecule has 0 spiro atoms. The monoisotopic (exact) mass is 298 g/mol. The van der Waals surface area contributed by atoms with E-state index in [9.17, 15) is 14.0 Å². The molecular formula is C13H15FN2O3S. The van der Waals surface area contributed by atoms with Crippen LogP contribution in [0.3, 0.4) is 0 Å². The van der Waals surface area contributed by atoms with Crippen molar-refractivity contribution in [3.05, 3.63) is 30.1 Å². The molecule has 20 heavy (non-hydrogen) atoms. The van der Waals surface area contributed by atoms with Crippen LogP contribution in [-0.4, -0.2) is 23.6 Å². The van der Waals surface area contributed by atoms with Crippen molar-refractivity contribution in [2.45, 2.75) is 19.8 Å². The number of anilines is 1. The Morgan fingerprint density at radius 3 is 2.50 bits per heavy atom. The van der Waals surface area contributed by atoms with Gasteiger partial charge in [0.2, 0.25) is 5.91 Å². The van der Waals surface area contributed by atoms with Gasteiger partial charge in [0.05, 0.1) is 13.0 Å². The minimum Gasteiger partial charge on any atom is -0.466 e. The van der Waals surface area contributed by atoms with Gasteiger partial charge in [-0.2, -0.15) is 0 Å². The lowest BCUT2D eigenvalue weighted by Gasteiger charge is -2.09. The van der Waals surface area contributed by atoms with Crippen LogP contribution >= 0.6 is 12.2 Å². The van der Waals surface area contributed by atoms with Crippen molar-refractivity contribution in [3.63, 3.8) is 0 Å². The quantitative estimate of drug-likeness (QED) is 0.643. The second-order valence-corrected chi connectivity index (χ2v) is 4.22. The Morgan fingerprint density at radius 1 is 1.25 bits per heavy atom. The van der Waals surface area contributed by atoms with E-state index < -0.39 is 11.9 Å². The third-order valence-electron chi connectivity index (χ3n) is 2.22. The highest BCUT2D eigenvalue weighted by Crippen LogP contribution is 2.07. The van der Waals surface area contributed by atoms with Crippen LogP contribution in [0.25, 0.3) is 0 Å². The van der Waals surface area contributed by atoms with E-state index in [4.69, 9.17) is 17.0 Å². The molecular weight excluding hydrogens is 283 g/mol. The number of amides is 1. The largest absolute Gasteiger partial charge is 0.466 e. The van der Waals surface area contributed by atoms with Gasteiger partial charge in [-0.25, -0.2) is 4.39 Å². The maximum atomic E-state index is 12.7. The van der Waals surface area contributed by atoms with Crippen LogP contribution in [0.5, 0.6) is 0 Å². The Morgan fingerprint density at radius 2 is 1.90 bits per heavy atom. The zero-order chi connectivity index (χ0) is 15.0. The van der Waals surface area contributed by atoms with Crippen molar-refractivity contribution in [2.75, 3.05) is 11.9 Å². The maximum Gasteiger partial charge on any atom is 0.306 e. The summed E-state index contributed by atoms with van der Waals surface area (Å²) in [5, 5.41) is 5.24. The first-order valence-corrected chi connectivity index (χ1v) is 6.44. The first kappa shape index (κ1) is 16.0. The van der Waals surface area contributed by atoms with E-state index in [1.807, 2.05) is 0 Å². The van der Waals surface area contributed by atoms with Crippen LogP contribution in [0.2, 0.25) is 0 Å². The third kappa shape index (κ3) is 6.24. The lowest BCUT2D eigenvalue weighted by atomic mass is 10.3. The minimum atomic E-state index is -0.430. The summed E-state index contributed by atoms with van der Waals surface area (Å²) in [5.74, 6) is -1.18. The Kier molecular flexibility index (Phi) is 6.58. The average Bonchev–Trinajstić information content (AvgIpc) is 2.39. The molecule has 0 atom stereocenters. The predicted octanol–water partition coefficient (Wildman–Crippen LogP) is 1.98. The number of thiocarbonyl (C=S) groups is 1. The first-order chi connectivity index (χ1) is 9.51. The highest BCUT2D eigenvalue weighted by molar-refractivity contribution is 7.80. The number of rotatable bonds is 5. The minimum absolute atomic E-state index is 0.00116. The number of benzene rings is 1. The van der Waals surface area contributed by atoms with Gasteiger partial charge in [-0.1, -0.05) is 0 Å². The summed E-state index contributed by atoms with van der Waals surface area (Å²) >= 11 is 4.92. The standard InChI is InChI=1S/C13H15FN2O3S/c1-2-19-12(18)8-7-11(17)16-13(20)15-10-5-3-9(14)4-6-10/h3-6H,2,7-8H2,1H3,(H2,15,16,17,20). The third-order valence-corrected chi connectivity index (χ3v) is 2.42. The number of halogens is 1. The molecule has 0 aliphatic rings. The molecule has 1 aromatic carbocycles. The van der Waals surface area contributed by atoms with Crippen molar-refractivity contribution < 1.29 is 18.7 Å². The topological polar surface area (TPSA) is 67.4 Å². The van der Waals surface area contributed by atoms with Gasteiger partial charge in [0.1, 0.15) is 5.82 Å². The highest BCUT2D eigenvalue weighted by atomic mass is 32.1. The van der Waals surface area contributed by atoms with E-state index in [1.165, 1.54) is 24.3 Å². The lowest BCUT2D eigenvalue weighted by molar-refractivity contribution is -0.144. The van der Waals surface area contributed by atoms with E-state index in [1.54, 1.807) is 6.92 Å². The fourth-order valence-corrected chi connectivity index (χ4v) is 1.57. The molecule has 2 N–H and O–H groups in total. The highest BCUT2D eigenvalue weighted by Gasteiger charge is 2.09. The van der Waals surface area contributed by atoms with Crippen molar-refractivity contribution in [3.8, 4) is 0 Å². The van der Waals surface area contributed by atoms with Crippen molar-refractivity contribution in [1.82, 2.24) is 5.32 Å². The molecule has 0 heterocycles. The molecule has 7 heteroatoms. The number of hydrogen-bond donors (Lipinski definition) is 2. The molecule has 0 saturated heterocycles. The molecule has 0 aromatic heterocycles. The normalized spacial score (nSPS) is 9.70. The SMILES string of the molecule is CCOC(=O)CCC(=O)NC(=S)Nc1ccc(F)cc1. The molecule has 0 bridgehead atoms. The van der Waals surface area contributed by atoms with Crippen LogP contribution in [0.15, 0.2) is 24.3 Å². The van der Waals surface area contributed by atoms with Gasteiger partial charge in [-0.15, -0.1) is 0 Å². The van der Waals surface area contributed by atoms with Gasteiger partial charge in [-0.3, -0.25) is 9.59 Å². The molecule has 0 aliphatic heterocycles. The molecule has 0 radical (unpaired) electrons. The van der Waals surface area contributed by atoms with E-state index in [0.29, 0.717) is 5.69 Å². The van der Waals surface area contributed by atoms with E-state index in [0.717, 1.165) is 0 Å². The van der Waals surface area contributed by atoms with Gasteiger partial charge >= 0.3 is 5.97 Å². The van der Waals surface area contributed by atoms with E-state index in [-0.39, 0.29) is 30.4 Å². The van der Waals surface area contributed by atoms with Gasteiger partial charge < -0.3 is 15.4 Å². The van der Waals surface area contributed by atoms with Crippen LogP contribution < -0.4 is 10.6 Å². The van der Waals surface area contributed by atoms with Gasteiger partial charge in [0.15, 0.2) is 5.11 Å². The number of carbonyl (C=O) groups is 2. The number of nitrogens with one attached hydrogen (secondary N) is 2. The lowest BCUT2D eigenvalue weighted by Crippen LogP contribution is -2.34. The summed E-state index contributed by atoms with van der Waals surface area (Å²) in [7, 11) is 0. The number of carbonyl (C=O) groups excluding carboxylic acids is 2. The Balaban J connectivity index is 2.33. The fourth-order valence-electron chi connectivity index (χ4n) is 1.33. The fraction of sp³-hybridized carbons (Fsp3) is 0.308. The molecule has 1 aromatic rings. The zero-order valence-electron chi connectivity index (χ0n) is 10.9. The molecule has 108 valence electrons. The smallest absolute Gasteiger partial charge is 0.306 e. The van der Waals surface area contributed by atoms with Crippen molar-refractivity contribution >= 4 is 34.9 Å².